The van der Waals surface area contributed by atoms with Crippen LogP contribution >= 0.6 is 0 Å². The molecule has 0 aliphatic rings. The van der Waals surface area contributed by atoms with Gasteiger partial charge in [0.05, 0.1) is 14.1 Å². The van der Waals surface area contributed by atoms with Gasteiger partial charge in [0, 0.05) is 6.92 Å². The minimum atomic E-state index is -0.870. The van der Waals surface area contributed by atoms with Gasteiger partial charge in [-0.3, -0.25) is 4.79 Å². The van der Waals surface area contributed by atoms with Crippen LogP contribution in [0.5, 0.6) is 0 Å². The second-order valence-corrected chi connectivity index (χ2v) is 3.38. The van der Waals surface area contributed by atoms with E-state index in [0.717, 1.165) is 0 Å². The number of hydrogen-bond acceptors (Lipinski definition) is 2. The van der Waals surface area contributed by atoms with E-state index in [-0.39, 0.29) is 16.9 Å². The highest BCUT2D eigenvalue weighted by Gasteiger charge is 2.18. The summed E-state index contributed by atoms with van der Waals surface area (Å²) in [6.45, 7) is 1.74. The first-order valence-corrected chi connectivity index (χ1v) is 3.62. The van der Waals surface area contributed by atoms with Crippen molar-refractivity contribution in [2.45, 2.75) is 6.92 Å². The number of carboxylic acid groups (broad SMARTS) is 1. The molecule has 0 unspecified atom stereocenters. The first kappa shape index (κ1) is 10.9. The molecular formula is C7H15N2O3+. The molecule has 0 aliphatic carbocycles. The Balaban J connectivity index is 3.86. The van der Waals surface area contributed by atoms with E-state index in [1.807, 2.05) is 0 Å². The standard InChI is InChI=1S/C7H14N2O3/c1-6(10)8-5-9(2,3)4-7(11)12/h4-5H2,1-3H3,(H-,8,10,11,12)/p+1. The number of nitrogens with one attached hydrogen (secondary N) is 1. The molecule has 0 saturated carbocycles. The van der Waals surface area contributed by atoms with E-state index in [4.69, 9.17) is 5.11 Å². The lowest BCUT2D eigenvalue weighted by atomic mass is 10.5. The fraction of sp³-hybridized carbons (Fsp3) is 0.714. The summed E-state index contributed by atoms with van der Waals surface area (Å²) in [5, 5.41) is 11.0. The third-order valence-electron chi connectivity index (χ3n) is 1.32. The molecule has 2 N–H and O–H groups in total. The number of hydrogen-bond donors (Lipinski definition) is 2. The molecule has 0 spiro atoms. The Labute approximate surface area is 71.6 Å². The Morgan fingerprint density at radius 2 is 1.92 bits per heavy atom. The molecule has 1 amide bonds. The van der Waals surface area contributed by atoms with Crippen molar-refractivity contribution in [1.29, 1.82) is 0 Å². The summed E-state index contributed by atoms with van der Waals surface area (Å²) in [6, 6.07) is 0. The molecule has 5 heteroatoms. The maximum atomic E-state index is 10.5. The van der Waals surface area contributed by atoms with Gasteiger partial charge in [-0.2, -0.15) is 0 Å². The first-order valence-electron chi connectivity index (χ1n) is 3.62. The Morgan fingerprint density at radius 1 is 1.42 bits per heavy atom. The summed E-state index contributed by atoms with van der Waals surface area (Å²) < 4.78 is 0.245. The number of carboxylic acids is 1. The number of amides is 1. The Bertz CT molecular complexity index is 189. The van der Waals surface area contributed by atoms with Gasteiger partial charge in [0.15, 0.2) is 13.2 Å². The van der Waals surface area contributed by atoms with Gasteiger partial charge in [0.2, 0.25) is 5.91 Å². The highest BCUT2D eigenvalue weighted by molar-refractivity contribution is 5.72. The molecule has 0 rings (SSSR count). The van der Waals surface area contributed by atoms with Gasteiger partial charge in [-0.1, -0.05) is 0 Å². The van der Waals surface area contributed by atoms with E-state index in [1.54, 1.807) is 14.1 Å². The third kappa shape index (κ3) is 5.67. The van der Waals surface area contributed by atoms with Crippen molar-refractivity contribution in [1.82, 2.24) is 5.32 Å². The number of aliphatic carboxylic acids is 1. The molecular weight excluding hydrogens is 160 g/mol. The van der Waals surface area contributed by atoms with Crippen molar-refractivity contribution in [2.75, 3.05) is 27.3 Å². The van der Waals surface area contributed by atoms with Crippen LogP contribution in [0.3, 0.4) is 0 Å². The lowest BCUT2D eigenvalue weighted by molar-refractivity contribution is -0.884. The van der Waals surface area contributed by atoms with E-state index in [9.17, 15) is 9.59 Å². The number of carbonyl (C=O) groups excluding carboxylic acids is 1. The van der Waals surface area contributed by atoms with Crippen molar-refractivity contribution in [3.05, 3.63) is 0 Å². The highest BCUT2D eigenvalue weighted by Crippen LogP contribution is 1.92. The third-order valence-corrected chi connectivity index (χ3v) is 1.32. The maximum Gasteiger partial charge on any atom is 0.359 e. The summed E-state index contributed by atoms with van der Waals surface area (Å²) >= 11 is 0. The van der Waals surface area contributed by atoms with Crippen molar-refractivity contribution in [2.24, 2.45) is 0 Å². The van der Waals surface area contributed by atoms with E-state index in [1.165, 1.54) is 6.92 Å². The number of likely N-dealkylation sites (N-methyl/N-ethyl adjacent to an activating group) is 1. The van der Waals surface area contributed by atoms with Crippen LogP contribution in [0.25, 0.3) is 0 Å². The van der Waals surface area contributed by atoms with Gasteiger partial charge in [-0.05, 0) is 0 Å². The molecule has 0 aromatic heterocycles. The Hall–Kier alpha value is -1.10. The normalized spacial score (nSPS) is 10.9. The van der Waals surface area contributed by atoms with Crippen LogP contribution in [0, 0.1) is 0 Å². The largest absolute Gasteiger partial charge is 0.477 e. The zero-order valence-electron chi connectivity index (χ0n) is 7.63. The number of rotatable bonds is 4. The summed E-state index contributed by atoms with van der Waals surface area (Å²) in [7, 11) is 3.48. The molecule has 0 saturated heterocycles. The van der Waals surface area contributed by atoms with Crippen LogP contribution in [-0.4, -0.2) is 48.8 Å². The van der Waals surface area contributed by atoms with Gasteiger partial charge < -0.3 is 14.9 Å². The number of nitrogens with zero attached hydrogens (tertiary/aromatic N) is 1. The van der Waals surface area contributed by atoms with Crippen LogP contribution in [0.1, 0.15) is 6.92 Å². The van der Waals surface area contributed by atoms with Gasteiger partial charge in [0.1, 0.15) is 0 Å². The minimum absolute atomic E-state index is 0.000278. The molecule has 0 bridgehead atoms. The summed E-state index contributed by atoms with van der Waals surface area (Å²) in [6.07, 6.45) is 0. The van der Waals surface area contributed by atoms with Crippen molar-refractivity contribution in [3.8, 4) is 0 Å². The Kier molecular flexibility index (Phi) is 3.69. The zero-order valence-corrected chi connectivity index (χ0v) is 7.63. The highest BCUT2D eigenvalue weighted by atomic mass is 16.4. The molecule has 0 fully saturated rings. The summed E-state index contributed by atoms with van der Waals surface area (Å²) in [4.78, 5) is 20.8. The number of carbonyl (C=O) groups is 2. The van der Waals surface area contributed by atoms with Crippen LogP contribution in [-0.2, 0) is 9.59 Å². The molecule has 0 radical (unpaired) electrons. The van der Waals surface area contributed by atoms with Crippen LogP contribution in [0.15, 0.2) is 0 Å². The van der Waals surface area contributed by atoms with Crippen LogP contribution < -0.4 is 5.32 Å². The predicted octanol–water partition coefficient (Wildman–Crippen LogP) is -0.759. The average molecular weight is 175 g/mol. The van der Waals surface area contributed by atoms with Gasteiger partial charge >= 0.3 is 5.97 Å². The van der Waals surface area contributed by atoms with E-state index in [0.29, 0.717) is 6.67 Å². The lowest BCUT2D eigenvalue weighted by Crippen LogP contribution is -2.50. The second kappa shape index (κ2) is 4.06. The zero-order chi connectivity index (χ0) is 9.78. The fourth-order valence-electron chi connectivity index (χ4n) is 0.747. The quantitative estimate of drug-likeness (QED) is 0.436. The van der Waals surface area contributed by atoms with Crippen molar-refractivity contribution >= 4 is 11.9 Å². The monoisotopic (exact) mass is 175 g/mol. The van der Waals surface area contributed by atoms with Gasteiger partial charge in [0.25, 0.3) is 0 Å². The maximum absolute atomic E-state index is 10.5. The molecule has 0 atom stereocenters. The fourth-order valence-corrected chi connectivity index (χ4v) is 0.747. The van der Waals surface area contributed by atoms with E-state index < -0.39 is 5.97 Å². The average Bonchev–Trinajstić information content (AvgIpc) is 1.81. The summed E-state index contributed by atoms with van der Waals surface area (Å²) in [5.41, 5.74) is 0. The van der Waals surface area contributed by atoms with Crippen LogP contribution in [0.2, 0.25) is 0 Å². The smallest absolute Gasteiger partial charge is 0.359 e. The minimum Gasteiger partial charge on any atom is -0.477 e. The molecule has 0 aromatic carbocycles. The topological polar surface area (TPSA) is 66.4 Å². The SMILES string of the molecule is CC(=O)NC[N+](C)(C)CC(=O)O. The summed E-state index contributed by atoms with van der Waals surface area (Å²) in [5.74, 6) is -1.02. The predicted molar refractivity (Wildman–Crippen MR) is 43.3 cm³/mol. The molecule has 5 nitrogen and oxygen atoms in total. The molecule has 0 aliphatic heterocycles. The Morgan fingerprint density at radius 3 is 2.25 bits per heavy atom. The molecule has 70 valence electrons. The van der Waals surface area contributed by atoms with Gasteiger partial charge in [-0.15, -0.1) is 0 Å². The lowest BCUT2D eigenvalue weighted by Gasteiger charge is -2.27. The number of quaternary nitrogens is 1. The van der Waals surface area contributed by atoms with E-state index >= 15 is 0 Å². The second-order valence-electron chi connectivity index (χ2n) is 3.38. The molecule has 0 aromatic rings. The molecule has 0 heterocycles. The van der Waals surface area contributed by atoms with E-state index in [2.05, 4.69) is 5.32 Å². The van der Waals surface area contributed by atoms with Crippen molar-refractivity contribution < 1.29 is 19.2 Å². The van der Waals surface area contributed by atoms with Gasteiger partial charge in [-0.25, -0.2) is 4.79 Å². The molecule has 12 heavy (non-hydrogen) atoms. The van der Waals surface area contributed by atoms with Crippen LogP contribution in [0.4, 0.5) is 0 Å². The first-order chi connectivity index (χ1) is 5.33. The van der Waals surface area contributed by atoms with Crippen molar-refractivity contribution in [3.63, 3.8) is 0 Å².